The molecule has 0 saturated carbocycles. The van der Waals surface area contributed by atoms with E-state index >= 15 is 0 Å². The highest BCUT2D eigenvalue weighted by atomic mass is 16.7. The molecule has 3 aromatic rings. The smallest absolute Gasteiger partial charge is 0.303 e. The average Bonchev–Trinajstić information content (AvgIpc) is 2.98. The molecule has 12 heteroatoms. The molecule has 1 fully saturated rings. The van der Waals surface area contributed by atoms with Gasteiger partial charge >= 0.3 is 23.9 Å². The van der Waals surface area contributed by atoms with Crippen LogP contribution >= 0.6 is 0 Å². The number of aryl methyl sites for hydroxylation is 1. The summed E-state index contributed by atoms with van der Waals surface area (Å²) >= 11 is 0. The van der Waals surface area contributed by atoms with Crippen LogP contribution in [0.4, 0.5) is 0 Å². The summed E-state index contributed by atoms with van der Waals surface area (Å²) < 4.78 is 29.3. The molecule has 4 rings (SSSR count). The number of hydrogen-bond donors (Lipinski definition) is 0. The molecule has 0 aliphatic carbocycles. The lowest BCUT2D eigenvalue weighted by atomic mass is 9.94. The third kappa shape index (κ3) is 7.45. The number of carbonyl (C=O) groups is 4. The van der Waals surface area contributed by atoms with Gasteiger partial charge in [-0.1, -0.05) is 60.2 Å². The first-order chi connectivity index (χ1) is 21.4. The fourth-order valence-electron chi connectivity index (χ4n) is 5.19. The van der Waals surface area contributed by atoms with Crippen molar-refractivity contribution in [1.29, 1.82) is 5.26 Å². The van der Waals surface area contributed by atoms with E-state index in [1.807, 2.05) is 25.1 Å². The molecule has 1 aliphatic rings. The van der Waals surface area contributed by atoms with E-state index in [4.69, 9.17) is 23.7 Å². The van der Waals surface area contributed by atoms with E-state index in [0.29, 0.717) is 16.7 Å². The second-order valence-corrected chi connectivity index (χ2v) is 10.4. The maximum Gasteiger partial charge on any atom is 0.303 e. The fourth-order valence-corrected chi connectivity index (χ4v) is 5.19. The molecule has 0 unspecified atom stereocenters. The van der Waals surface area contributed by atoms with Crippen LogP contribution in [-0.4, -0.2) is 59.5 Å². The van der Waals surface area contributed by atoms with Crippen LogP contribution in [0.2, 0.25) is 0 Å². The summed E-state index contributed by atoms with van der Waals surface area (Å²) in [7, 11) is 0. The first kappa shape index (κ1) is 32.6. The van der Waals surface area contributed by atoms with Crippen LogP contribution < -0.4 is 5.56 Å². The lowest BCUT2D eigenvalue weighted by Gasteiger charge is -2.45. The van der Waals surface area contributed by atoms with E-state index in [2.05, 4.69) is 0 Å². The summed E-state index contributed by atoms with van der Waals surface area (Å²) in [5.74, 6) is -3.11. The van der Waals surface area contributed by atoms with Crippen LogP contribution in [-0.2, 0) is 42.9 Å². The number of carbonyl (C=O) groups excluding carboxylic acids is 4. The van der Waals surface area contributed by atoms with Crippen LogP contribution in [0.5, 0.6) is 0 Å². The summed E-state index contributed by atoms with van der Waals surface area (Å²) in [5, 5.41) is 10.2. The molecule has 2 aromatic carbocycles. The zero-order chi connectivity index (χ0) is 32.8. The fraction of sp³-hybridized carbons (Fsp3) is 0.333. The predicted octanol–water partition coefficient (Wildman–Crippen LogP) is 3.62. The summed E-state index contributed by atoms with van der Waals surface area (Å²) in [6.45, 7) is 5.90. The number of aromatic nitrogens is 1. The molecular formula is C33H32N2O10. The third-order valence-corrected chi connectivity index (χ3v) is 7.01. The Morgan fingerprint density at radius 3 is 1.93 bits per heavy atom. The van der Waals surface area contributed by atoms with Gasteiger partial charge in [0.1, 0.15) is 24.3 Å². The Labute approximate surface area is 259 Å². The highest BCUT2D eigenvalue weighted by molar-refractivity contribution is 5.76. The Morgan fingerprint density at radius 2 is 1.38 bits per heavy atom. The minimum atomic E-state index is -1.56. The van der Waals surface area contributed by atoms with E-state index in [9.17, 15) is 29.2 Å². The molecule has 5 atom stereocenters. The Morgan fingerprint density at radius 1 is 0.800 bits per heavy atom. The minimum absolute atomic E-state index is 0.232. The molecule has 0 bridgehead atoms. The van der Waals surface area contributed by atoms with Crippen molar-refractivity contribution in [2.45, 2.75) is 65.3 Å². The normalized spacial score (nSPS) is 20.8. The topological polar surface area (TPSA) is 160 Å². The summed E-state index contributed by atoms with van der Waals surface area (Å²) in [5.41, 5.74) is 1.69. The van der Waals surface area contributed by atoms with Crippen molar-refractivity contribution in [3.63, 3.8) is 0 Å². The zero-order valence-corrected chi connectivity index (χ0v) is 25.3. The molecule has 0 spiro atoms. The summed E-state index contributed by atoms with van der Waals surface area (Å²) in [4.78, 5) is 63.1. The van der Waals surface area contributed by atoms with Crippen LogP contribution in [0.1, 0.15) is 45.0 Å². The molecule has 0 radical (unpaired) electrons. The van der Waals surface area contributed by atoms with Crippen molar-refractivity contribution >= 4 is 23.9 Å². The first-order valence-electron chi connectivity index (χ1n) is 14.0. The van der Waals surface area contributed by atoms with Gasteiger partial charge in [-0.3, -0.25) is 28.5 Å². The number of rotatable bonds is 8. The van der Waals surface area contributed by atoms with Gasteiger partial charge in [-0.25, -0.2) is 0 Å². The molecule has 1 aromatic heterocycles. The highest BCUT2D eigenvalue weighted by Gasteiger charge is 2.53. The van der Waals surface area contributed by atoms with Crippen molar-refractivity contribution in [3.05, 3.63) is 82.1 Å². The van der Waals surface area contributed by atoms with Crippen molar-refractivity contribution < 1.29 is 42.9 Å². The summed E-state index contributed by atoms with van der Waals surface area (Å²) in [6, 6.07) is 19.7. The molecule has 1 aliphatic heterocycles. The first-order valence-corrected chi connectivity index (χ1v) is 14.0. The van der Waals surface area contributed by atoms with Gasteiger partial charge in [0, 0.05) is 33.3 Å². The number of nitrogens with zero attached hydrogens (tertiary/aromatic N) is 2. The molecule has 2 heterocycles. The molecular weight excluding hydrogens is 584 g/mol. The van der Waals surface area contributed by atoms with Gasteiger partial charge in [-0.15, -0.1) is 0 Å². The Kier molecular flexibility index (Phi) is 10.2. The molecule has 234 valence electrons. The lowest BCUT2D eigenvalue weighted by Crippen LogP contribution is -2.61. The van der Waals surface area contributed by atoms with E-state index in [-0.39, 0.29) is 11.3 Å². The maximum absolute atomic E-state index is 14.4. The van der Waals surface area contributed by atoms with Crippen molar-refractivity contribution in [2.75, 3.05) is 6.61 Å². The van der Waals surface area contributed by atoms with Crippen LogP contribution in [0, 0.1) is 18.3 Å². The zero-order valence-electron chi connectivity index (χ0n) is 25.3. The van der Waals surface area contributed by atoms with E-state index < -0.39 is 66.7 Å². The lowest BCUT2D eigenvalue weighted by molar-refractivity contribution is -0.268. The molecule has 0 N–H and O–H groups in total. The monoisotopic (exact) mass is 616 g/mol. The van der Waals surface area contributed by atoms with Crippen molar-refractivity contribution in [1.82, 2.24) is 4.57 Å². The minimum Gasteiger partial charge on any atom is -0.463 e. The standard InChI is InChI=1S/C33H32N2O10/c1-18-11-13-24(14-12-18)27-15-25(23-9-7-6-8-10-23)26(16-34)32(40)35(27)33-31(44-22(5)39)30(43-21(4)38)29(42-20(3)37)28(45-33)17-41-19(2)36/h6-15,28-31,33H,17H2,1-5H3/t28-,29+,30+,31-,33+/m0/s1. The molecule has 1 saturated heterocycles. The van der Waals surface area contributed by atoms with Gasteiger partial charge in [0.2, 0.25) is 0 Å². The van der Waals surface area contributed by atoms with Gasteiger partial charge in [-0.05, 0) is 24.1 Å². The van der Waals surface area contributed by atoms with Gasteiger partial charge < -0.3 is 23.7 Å². The largest absolute Gasteiger partial charge is 0.463 e. The van der Waals surface area contributed by atoms with E-state index in [1.165, 1.54) is 0 Å². The Balaban J connectivity index is 2.05. The van der Waals surface area contributed by atoms with Gasteiger partial charge in [-0.2, -0.15) is 5.26 Å². The summed E-state index contributed by atoms with van der Waals surface area (Å²) in [6.07, 6.45) is -7.32. The second kappa shape index (κ2) is 14.0. The maximum atomic E-state index is 14.4. The highest BCUT2D eigenvalue weighted by Crippen LogP contribution is 2.38. The van der Waals surface area contributed by atoms with E-state index in [0.717, 1.165) is 37.8 Å². The van der Waals surface area contributed by atoms with Crippen LogP contribution in [0.3, 0.4) is 0 Å². The number of hydrogen-bond acceptors (Lipinski definition) is 11. The van der Waals surface area contributed by atoms with Crippen molar-refractivity contribution in [3.8, 4) is 28.5 Å². The second-order valence-electron chi connectivity index (χ2n) is 10.4. The van der Waals surface area contributed by atoms with Crippen LogP contribution in [0.25, 0.3) is 22.4 Å². The molecule has 45 heavy (non-hydrogen) atoms. The Hall–Kier alpha value is -5.28. The van der Waals surface area contributed by atoms with E-state index in [1.54, 1.807) is 48.5 Å². The van der Waals surface area contributed by atoms with Gasteiger partial charge in [0.15, 0.2) is 24.5 Å². The number of ether oxygens (including phenoxy) is 5. The number of pyridine rings is 1. The number of nitriles is 1. The quantitative estimate of drug-likeness (QED) is 0.269. The van der Waals surface area contributed by atoms with Crippen LogP contribution in [0.15, 0.2) is 65.5 Å². The predicted molar refractivity (Wildman–Crippen MR) is 158 cm³/mol. The molecule has 12 nitrogen and oxygen atoms in total. The number of benzene rings is 2. The van der Waals surface area contributed by atoms with Gasteiger partial charge in [0.25, 0.3) is 5.56 Å². The Bertz CT molecular complexity index is 1690. The number of esters is 4. The van der Waals surface area contributed by atoms with Crippen molar-refractivity contribution in [2.24, 2.45) is 0 Å². The molecule has 0 amide bonds. The van der Waals surface area contributed by atoms with Gasteiger partial charge in [0.05, 0.1) is 5.69 Å². The SMILES string of the molecule is CC(=O)OC[C@@H]1O[C@@H](n2c(-c3ccc(C)cc3)cc(-c3ccccc3)c(C#N)c2=O)[C@@H](OC(C)=O)[C@H](OC(C)=O)[C@@H]1OC(C)=O. The average molecular weight is 617 g/mol. The third-order valence-electron chi connectivity index (χ3n) is 7.01.